The third-order valence-electron chi connectivity index (χ3n) is 2.32. The maximum atomic E-state index is 12.0. The van der Waals surface area contributed by atoms with Gasteiger partial charge < -0.3 is 15.4 Å². The molecule has 1 heterocycles. The van der Waals surface area contributed by atoms with Crippen LogP contribution in [0.4, 0.5) is 11.5 Å². The van der Waals surface area contributed by atoms with Gasteiger partial charge in [0.05, 0.1) is 17.1 Å². The number of nitrogens with zero attached hydrogens (tertiary/aromatic N) is 3. The Labute approximate surface area is 104 Å². The Hall–Kier alpha value is -2.22. The average Bonchev–Trinajstić information content (AvgIpc) is 2.35. The van der Waals surface area contributed by atoms with Gasteiger partial charge in [-0.1, -0.05) is 0 Å². The second kappa shape index (κ2) is 5.92. The number of pyridine rings is 1. The fraction of sp³-hybridized carbons (Fsp3) is 0.400. The molecule has 0 saturated carbocycles. The lowest BCUT2D eigenvalue weighted by Gasteiger charge is -2.17. The highest BCUT2D eigenvalue weighted by atomic mass is 16.6. The van der Waals surface area contributed by atoms with Gasteiger partial charge >= 0.3 is 0 Å². The lowest BCUT2D eigenvalue weighted by Crippen LogP contribution is -2.30. The molecule has 0 aliphatic rings. The van der Waals surface area contributed by atoms with E-state index in [1.807, 2.05) is 0 Å². The zero-order valence-corrected chi connectivity index (χ0v) is 10.1. The lowest BCUT2D eigenvalue weighted by atomic mass is 10.2. The molecular weight excluding hydrogens is 240 g/mol. The van der Waals surface area contributed by atoms with Crippen LogP contribution < -0.4 is 5.73 Å². The second-order valence-corrected chi connectivity index (χ2v) is 3.60. The van der Waals surface area contributed by atoms with Crippen LogP contribution in [0.3, 0.4) is 0 Å². The van der Waals surface area contributed by atoms with Gasteiger partial charge in [-0.15, -0.1) is 0 Å². The van der Waals surface area contributed by atoms with E-state index in [-0.39, 0.29) is 17.1 Å². The Balaban J connectivity index is 2.97. The highest BCUT2D eigenvalue weighted by Crippen LogP contribution is 2.18. The van der Waals surface area contributed by atoms with E-state index < -0.39 is 10.8 Å². The van der Waals surface area contributed by atoms with Gasteiger partial charge in [0.1, 0.15) is 12.0 Å². The molecule has 0 radical (unpaired) electrons. The summed E-state index contributed by atoms with van der Waals surface area (Å²) < 4.78 is 4.84. The van der Waals surface area contributed by atoms with Gasteiger partial charge in [-0.25, -0.2) is 4.98 Å². The fourth-order valence-corrected chi connectivity index (χ4v) is 1.27. The number of ether oxygens (including phenoxy) is 1. The van der Waals surface area contributed by atoms with Gasteiger partial charge in [0, 0.05) is 26.8 Å². The van der Waals surface area contributed by atoms with Crippen molar-refractivity contribution in [1.82, 2.24) is 9.88 Å². The maximum Gasteiger partial charge on any atom is 0.288 e. The molecule has 0 unspecified atom stereocenters. The number of rotatable bonds is 5. The van der Waals surface area contributed by atoms with E-state index in [9.17, 15) is 14.9 Å². The normalized spacial score (nSPS) is 10.1. The molecule has 0 spiro atoms. The third kappa shape index (κ3) is 3.14. The van der Waals surface area contributed by atoms with Crippen LogP contribution in [0.5, 0.6) is 0 Å². The predicted octanol–water partition coefficient (Wildman–Crippen LogP) is 0.290. The van der Waals surface area contributed by atoms with Crippen molar-refractivity contribution < 1.29 is 14.5 Å². The molecule has 1 aromatic rings. The Bertz CT molecular complexity index is 463. The Morgan fingerprint density at radius 3 is 2.89 bits per heavy atom. The van der Waals surface area contributed by atoms with E-state index in [1.165, 1.54) is 12.0 Å². The third-order valence-corrected chi connectivity index (χ3v) is 2.32. The number of methoxy groups -OCH3 is 1. The van der Waals surface area contributed by atoms with Gasteiger partial charge in [0.2, 0.25) is 0 Å². The SMILES string of the molecule is COCCN(C)C(=O)c1cc([N+](=O)[O-])cnc1N. The highest BCUT2D eigenvalue weighted by molar-refractivity contribution is 5.98. The fourth-order valence-electron chi connectivity index (χ4n) is 1.27. The molecule has 0 atom stereocenters. The van der Waals surface area contributed by atoms with E-state index in [4.69, 9.17) is 10.5 Å². The van der Waals surface area contributed by atoms with Crippen molar-refractivity contribution >= 4 is 17.4 Å². The first kappa shape index (κ1) is 13.8. The van der Waals surface area contributed by atoms with E-state index in [2.05, 4.69) is 4.98 Å². The molecular formula is C10H14N4O4. The van der Waals surface area contributed by atoms with Crippen LogP contribution in [0, 0.1) is 10.1 Å². The van der Waals surface area contributed by atoms with Gasteiger partial charge in [-0.2, -0.15) is 0 Å². The highest BCUT2D eigenvalue weighted by Gasteiger charge is 2.19. The molecule has 0 aliphatic heterocycles. The maximum absolute atomic E-state index is 12.0. The van der Waals surface area contributed by atoms with Crippen LogP contribution in [-0.2, 0) is 4.74 Å². The Morgan fingerprint density at radius 2 is 2.33 bits per heavy atom. The number of aromatic nitrogens is 1. The molecule has 0 aromatic carbocycles. The van der Waals surface area contributed by atoms with E-state index in [0.717, 1.165) is 12.3 Å². The van der Waals surface area contributed by atoms with Gasteiger partial charge in [-0.3, -0.25) is 14.9 Å². The summed E-state index contributed by atoms with van der Waals surface area (Å²) in [6.45, 7) is 0.724. The summed E-state index contributed by atoms with van der Waals surface area (Å²) in [6.07, 6.45) is 1.02. The summed E-state index contributed by atoms with van der Waals surface area (Å²) in [5.74, 6) is -0.462. The minimum Gasteiger partial charge on any atom is -0.383 e. The summed E-state index contributed by atoms with van der Waals surface area (Å²) in [7, 11) is 3.07. The van der Waals surface area contributed by atoms with Crippen LogP contribution in [0.2, 0.25) is 0 Å². The number of nitrogen functional groups attached to an aromatic ring is 1. The van der Waals surface area contributed by atoms with E-state index in [0.29, 0.717) is 13.2 Å². The number of hydrogen-bond acceptors (Lipinski definition) is 6. The minimum atomic E-state index is -0.627. The number of carbonyl (C=O) groups is 1. The second-order valence-electron chi connectivity index (χ2n) is 3.60. The molecule has 2 N–H and O–H groups in total. The largest absolute Gasteiger partial charge is 0.383 e. The van der Waals surface area contributed by atoms with Crippen molar-refractivity contribution in [3.8, 4) is 0 Å². The van der Waals surface area contributed by atoms with E-state index >= 15 is 0 Å². The van der Waals surface area contributed by atoms with Crippen molar-refractivity contribution in [2.75, 3.05) is 33.0 Å². The van der Waals surface area contributed by atoms with Crippen molar-refractivity contribution in [3.63, 3.8) is 0 Å². The molecule has 18 heavy (non-hydrogen) atoms. The standard InChI is InChI=1S/C10H14N4O4/c1-13(3-4-18-2)10(15)8-5-7(14(16)17)6-12-9(8)11/h5-6H,3-4H2,1-2H3,(H2,11,12). The average molecular weight is 254 g/mol. The summed E-state index contributed by atoms with van der Waals surface area (Å²) >= 11 is 0. The molecule has 0 fully saturated rings. The zero-order chi connectivity index (χ0) is 13.7. The zero-order valence-electron chi connectivity index (χ0n) is 10.1. The molecule has 0 aliphatic carbocycles. The lowest BCUT2D eigenvalue weighted by molar-refractivity contribution is -0.385. The van der Waals surface area contributed by atoms with Crippen LogP contribution in [0.25, 0.3) is 0 Å². The first-order valence-corrected chi connectivity index (χ1v) is 5.11. The molecule has 1 rings (SSSR count). The summed E-state index contributed by atoms with van der Waals surface area (Å²) in [5.41, 5.74) is 5.29. The van der Waals surface area contributed by atoms with Gasteiger partial charge in [0.15, 0.2) is 0 Å². The van der Waals surface area contributed by atoms with Crippen molar-refractivity contribution in [2.24, 2.45) is 0 Å². The Kier molecular flexibility index (Phi) is 4.55. The van der Waals surface area contributed by atoms with Gasteiger partial charge in [-0.05, 0) is 0 Å². The first-order valence-electron chi connectivity index (χ1n) is 5.11. The Morgan fingerprint density at radius 1 is 1.67 bits per heavy atom. The number of nitro groups is 1. The topological polar surface area (TPSA) is 112 Å². The molecule has 0 saturated heterocycles. The molecule has 98 valence electrons. The van der Waals surface area contributed by atoms with Crippen molar-refractivity contribution in [3.05, 3.63) is 27.9 Å². The number of nitrogens with two attached hydrogens (primary N) is 1. The quantitative estimate of drug-likeness (QED) is 0.597. The summed E-state index contributed by atoms with van der Waals surface area (Å²) in [6, 6.07) is 1.12. The molecule has 8 heteroatoms. The predicted molar refractivity (Wildman–Crippen MR) is 64.1 cm³/mol. The molecule has 1 amide bonds. The van der Waals surface area contributed by atoms with E-state index in [1.54, 1.807) is 7.05 Å². The van der Waals surface area contributed by atoms with Crippen molar-refractivity contribution in [1.29, 1.82) is 0 Å². The molecule has 8 nitrogen and oxygen atoms in total. The number of hydrogen-bond donors (Lipinski definition) is 1. The van der Waals surface area contributed by atoms with Crippen molar-refractivity contribution in [2.45, 2.75) is 0 Å². The number of anilines is 1. The first-order chi connectivity index (χ1) is 8.47. The summed E-state index contributed by atoms with van der Waals surface area (Å²) in [4.78, 5) is 27.0. The number of carbonyl (C=O) groups excluding carboxylic acids is 1. The monoisotopic (exact) mass is 254 g/mol. The van der Waals surface area contributed by atoms with Crippen LogP contribution in [-0.4, -0.2) is 48.0 Å². The number of amides is 1. The smallest absolute Gasteiger partial charge is 0.288 e. The minimum absolute atomic E-state index is 0.0165. The van der Waals surface area contributed by atoms with Crippen LogP contribution in [0.1, 0.15) is 10.4 Å². The van der Waals surface area contributed by atoms with Crippen LogP contribution >= 0.6 is 0 Å². The van der Waals surface area contributed by atoms with Crippen LogP contribution in [0.15, 0.2) is 12.3 Å². The number of likely N-dealkylation sites (N-methyl/N-ethyl adjacent to an activating group) is 1. The molecule has 0 bridgehead atoms. The van der Waals surface area contributed by atoms with Gasteiger partial charge in [0.25, 0.3) is 11.6 Å². The molecule has 1 aromatic heterocycles. The summed E-state index contributed by atoms with van der Waals surface area (Å²) in [5, 5.41) is 10.6.